The quantitative estimate of drug-likeness (QED) is 0.905. The Kier molecular flexibility index (Phi) is 4.55. The molecule has 0 aliphatic rings. The SMILES string of the molecule is Cc1cccc(C)c1CNC(C)c1ccc(C#N)cc1. The number of benzene rings is 2. The minimum Gasteiger partial charge on any atom is -0.306 e. The first kappa shape index (κ1) is 14.3. The Morgan fingerprint density at radius 3 is 2.20 bits per heavy atom. The third-order valence-corrected chi connectivity index (χ3v) is 3.77. The highest BCUT2D eigenvalue weighted by Crippen LogP contribution is 2.17. The maximum absolute atomic E-state index is 8.81. The first-order valence-electron chi connectivity index (χ1n) is 6.90. The monoisotopic (exact) mass is 264 g/mol. The van der Waals surface area contributed by atoms with E-state index in [9.17, 15) is 0 Å². The van der Waals surface area contributed by atoms with E-state index in [0.29, 0.717) is 5.56 Å². The first-order valence-corrected chi connectivity index (χ1v) is 6.90. The van der Waals surface area contributed by atoms with Gasteiger partial charge in [0.1, 0.15) is 0 Å². The van der Waals surface area contributed by atoms with E-state index in [2.05, 4.69) is 50.4 Å². The summed E-state index contributed by atoms with van der Waals surface area (Å²) in [5, 5.41) is 12.4. The highest BCUT2D eigenvalue weighted by Gasteiger charge is 2.07. The molecule has 0 fully saturated rings. The van der Waals surface area contributed by atoms with Crippen LogP contribution in [0.15, 0.2) is 42.5 Å². The Labute approximate surface area is 121 Å². The van der Waals surface area contributed by atoms with E-state index >= 15 is 0 Å². The van der Waals surface area contributed by atoms with E-state index in [-0.39, 0.29) is 6.04 Å². The van der Waals surface area contributed by atoms with Crippen LogP contribution in [0, 0.1) is 25.2 Å². The average Bonchev–Trinajstić information content (AvgIpc) is 2.46. The van der Waals surface area contributed by atoms with Crippen LogP contribution in [0.2, 0.25) is 0 Å². The van der Waals surface area contributed by atoms with E-state index < -0.39 is 0 Å². The van der Waals surface area contributed by atoms with Crippen LogP contribution in [-0.4, -0.2) is 0 Å². The van der Waals surface area contributed by atoms with Gasteiger partial charge in [0.25, 0.3) is 0 Å². The number of hydrogen-bond acceptors (Lipinski definition) is 2. The second-order valence-electron chi connectivity index (χ2n) is 5.21. The summed E-state index contributed by atoms with van der Waals surface area (Å²) in [7, 11) is 0. The van der Waals surface area contributed by atoms with E-state index in [0.717, 1.165) is 6.54 Å². The van der Waals surface area contributed by atoms with Crippen LogP contribution in [0.1, 0.15) is 40.8 Å². The summed E-state index contributed by atoms with van der Waals surface area (Å²) < 4.78 is 0. The van der Waals surface area contributed by atoms with Crippen LogP contribution in [0.3, 0.4) is 0 Å². The van der Waals surface area contributed by atoms with Gasteiger partial charge in [-0.15, -0.1) is 0 Å². The molecule has 0 aliphatic heterocycles. The second-order valence-corrected chi connectivity index (χ2v) is 5.21. The van der Waals surface area contributed by atoms with Gasteiger partial charge in [0.2, 0.25) is 0 Å². The second kappa shape index (κ2) is 6.36. The van der Waals surface area contributed by atoms with Crippen LogP contribution in [0.25, 0.3) is 0 Å². The van der Waals surface area contributed by atoms with Crippen LogP contribution in [0.4, 0.5) is 0 Å². The van der Waals surface area contributed by atoms with Crippen molar-refractivity contribution < 1.29 is 0 Å². The molecule has 2 nitrogen and oxygen atoms in total. The van der Waals surface area contributed by atoms with Crippen molar-refractivity contribution >= 4 is 0 Å². The summed E-state index contributed by atoms with van der Waals surface area (Å²) in [5.41, 5.74) is 5.92. The number of hydrogen-bond donors (Lipinski definition) is 1. The van der Waals surface area contributed by atoms with E-state index in [1.165, 1.54) is 22.3 Å². The van der Waals surface area contributed by atoms with E-state index in [4.69, 9.17) is 5.26 Å². The number of nitrogens with zero attached hydrogens (tertiary/aromatic N) is 1. The zero-order valence-corrected chi connectivity index (χ0v) is 12.3. The highest BCUT2D eigenvalue weighted by molar-refractivity contribution is 5.34. The molecular weight excluding hydrogens is 244 g/mol. The minimum atomic E-state index is 0.266. The molecule has 0 aliphatic carbocycles. The largest absolute Gasteiger partial charge is 0.306 e. The molecule has 2 aromatic rings. The molecule has 2 rings (SSSR count). The molecule has 1 atom stereocenters. The maximum Gasteiger partial charge on any atom is 0.0991 e. The van der Waals surface area contributed by atoms with Crippen molar-refractivity contribution in [2.24, 2.45) is 0 Å². The summed E-state index contributed by atoms with van der Waals surface area (Å²) in [4.78, 5) is 0. The number of nitrogens with one attached hydrogen (secondary N) is 1. The lowest BCUT2D eigenvalue weighted by Gasteiger charge is -2.17. The van der Waals surface area contributed by atoms with Crippen molar-refractivity contribution in [1.82, 2.24) is 5.32 Å². The van der Waals surface area contributed by atoms with Crippen molar-refractivity contribution in [1.29, 1.82) is 5.26 Å². The Morgan fingerprint density at radius 1 is 1.05 bits per heavy atom. The van der Waals surface area contributed by atoms with Gasteiger partial charge in [0.15, 0.2) is 0 Å². The minimum absolute atomic E-state index is 0.266. The molecule has 2 aromatic carbocycles. The Balaban J connectivity index is 2.05. The maximum atomic E-state index is 8.81. The number of nitriles is 1. The topological polar surface area (TPSA) is 35.8 Å². The van der Waals surface area contributed by atoms with Gasteiger partial charge in [-0.25, -0.2) is 0 Å². The Bertz CT molecular complexity index is 601. The third-order valence-electron chi connectivity index (χ3n) is 3.77. The third kappa shape index (κ3) is 3.26. The summed E-state index contributed by atoms with van der Waals surface area (Å²) in [6, 6.07) is 16.6. The Hall–Kier alpha value is -2.11. The lowest BCUT2D eigenvalue weighted by atomic mass is 10.0. The highest BCUT2D eigenvalue weighted by atomic mass is 14.9. The molecule has 20 heavy (non-hydrogen) atoms. The lowest BCUT2D eigenvalue weighted by Crippen LogP contribution is -2.19. The van der Waals surface area contributed by atoms with Crippen molar-refractivity contribution in [3.05, 3.63) is 70.3 Å². The zero-order chi connectivity index (χ0) is 14.5. The van der Waals surface area contributed by atoms with Crippen molar-refractivity contribution in [3.8, 4) is 6.07 Å². The van der Waals surface area contributed by atoms with Gasteiger partial charge in [0.05, 0.1) is 11.6 Å². The number of rotatable bonds is 4. The normalized spacial score (nSPS) is 11.9. The van der Waals surface area contributed by atoms with Crippen molar-refractivity contribution in [2.45, 2.75) is 33.4 Å². The first-order chi connectivity index (χ1) is 9.61. The molecule has 0 bridgehead atoms. The number of aryl methyl sites for hydroxylation is 2. The van der Waals surface area contributed by atoms with Gasteiger partial charge in [0, 0.05) is 12.6 Å². The van der Waals surface area contributed by atoms with E-state index in [1.54, 1.807) is 0 Å². The molecule has 0 amide bonds. The van der Waals surface area contributed by atoms with Gasteiger partial charge in [-0.05, 0) is 55.2 Å². The zero-order valence-electron chi connectivity index (χ0n) is 12.3. The van der Waals surface area contributed by atoms with Crippen molar-refractivity contribution in [2.75, 3.05) is 0 Å². The molecule has 1 unspecified atom stereocenters. The molecule has 0 saturated carbocycles. The summed E-state index contributed by atoms with van der Waals surface area (Å²) in [6.07, 6.45) is 0. The summed E-state index contributed by atoms with van der Waals surface area (Å²) in [5.74, 6) is 0. The molecule has 0 saturated heterocycles. The molecule has 0 spiro atoms. The fourth-order valence-electron chi connectivity index (χ4n) is 2.35. The van der Waals surface area contributed by atoms with Crippen LogP contribution in [-0.2, 0) is 6.54 Å². The summed E-state index contributed by atoms with van der Waals surface area (Å²) in [6.45, 7) is 7.31. The van der Waals surface area contributed by atoms with Crippen molar-refractivity contribution in [3.63, 3.8) is 0 Å². The lowest BCUT2D eigenvalue weighted by molar-refractivity contribution is 0.572. The van der Waals surface area contributed by atoms with Crippen LogP contribution >= 0.6 is 0 Å². The smallest absolute Gasteiger partial charge is 0.0991 e. The molecule has 2 heteroatoms. The van der Waals surface area contributed by atoms with E-state index in [1.807, 2.05) is 24.3 Å². The molecule has 0 aromatic heterocycles. The predicted octanol–water partition coefficient (Wildman–Crippen LogP) is 4.03. The Morgan fingerprint density at radius 2 is 1.65 bits per heavy atom. The molecule has 0 heterocycles. The predicted molar refractivity (Wildman–Crippen MR) is 82.3 cm³/mol. The van der Waals surface area contributed by atoms with Gasteiger partial charge >= 0.3 is 0 Å². The van der Waals surface area contributed by atoms with Gasteiger partial charge in [-0.1, -0.05) is 30.3 Å². The van der Waals surface area contributed by atoms with Crippen LogP contribution < -0.4 is 5.32 Å². The molecular formula is C18H20N2. The van der Waals surface area contributed by atoms with Crippen LogP contribution in [0.5, 0.6) is 0 Å². The standard InChI is InChI=1S/C18H20N2/c1-13-5-4-6-14(2)18(13)12-20-15(3)17-9-7-16(11-19)8-10-17/h4-10,15,20H,12H2,1-3H3. The van der Waals surface area contributed by atoms with Gasteiger partial charge in [-0.3, -0.25) is 0 Å². The molecule has 102 valence electrons. The van der Waals surface area contributed by atoms with Gasteiger partial charge in [-0.2, -0.15) is 5.26 Å². The molecule has 0 radical (unpaired) electrons. The fourth-order valence-corrected chi connectivity index (χ4v) is 2.35. The summed E-state index contributed by atoms with van der Waals surface area (Å²) >= 11 is 0. The fraction of sp³-hybridized carbons (Fsp3) is 0.278. The molecule has 1 N–H and O–H groups in total. The average molecular weight is 264 g/mol. The van der Waals surface area contributed by atoms with Gasteiger partial charge < -0.3 is 5.32 Å².